The van der Waals surface area contributed by atoms with E-state index in [1.807, 2.05) is 38.1 Å². The number of ketones is 1. The summed E-state index contributed by atoms with van der Waals surface area (Å²) >= 11 is 0. The van der Waals surface area contributed by atoms with Gasteiger partial charge < -0.3 is 9.47 Å². The Hall–Kier alpha value is -2.19. The van der Waals surface area contributed by atoms with Gasteiger partial charge in [-0.1, -0.05) is 6.07 Å². The standard InChI is InChI=1S/C21H28N4O3S/c1-16-13-19(17(2)25(16)18-6-12-29(27,28)15-18)20(26)14-23-8-10-24(11-9-23)21-5-3-4-7-22-21/h3-5,7,13,18H,6,8-12,14-15H2,1-2H3/t18-/m1/s1. The number of carbonyl (C=O) groups is 1. The van der Waals surface area contributed by atoms with E-state index in [4.69, 9.17) is 0 Å². The van der Waals surface area contributed by atoms with Crippen LogP contribution in [0, 0.1) is 13.8 Å². The van der Waals surface area contributed by atoms with Crippen molar-refractivity contribution in [3.05, 3.63) is 47.4 Å². The molecule has 4 rings (SSSR count). The second-order valence-corrected chi connectivity index (χ2v) is 10.3. The van der Waals surface area contributed by atoms with Gasteiger partial charge in [0.15, 0.2) is 15.6 Å². The van der Waals surface area contributed by atoms with E-state index in [0.717, 1.165) is 48.9 Å². The Morgan fingerprint density at radius 1 is 1.17 bits per heavy atom. The molecule has 2 saturated heterocycles. The molecule has 2 aliphatic heterocycles. The molecule has 0 radical (unpaired) electrons. The number of hydrogen-bond donors (Lipinski definition) is 0. The number of piperazine rings is 1. The van der Waals surface area contributed by atoms with Gasteiger partial charge in [-0.05, 0) is 38.5 Å². The Morgan fingerprint density at radius 2 is 1.93 bits per heavy atom. The van der Waals surface area contributed by atoms with Crippen LogP contribution in [0.4, 0.5) is 5.82 Å². The molecular formula is C21H28N4O3S. The van der Waals surface area contributed by atoms with Gasteiger partial charge in [0.05, 0.1) is 18.1 Å². The predicted octanol–water partition coefficient (Wildman–Crippen LogP) is 1.86. The molecule has 2 fully saturated rings. The van der Waals surface area contributed by atoms with Crippen LogP contribution in [0.2, 0.25) is 0 Å². The Labute approximate surface area is 172 Å². The maximum Gasteiger partial charge on any atom is 0.178 e. The van der Waals surface area contributed by atoms with Crippen molar-refractivity contribution >= 4 is 21.4 Å². The molecule has 0 saturated carbocycles. The third-order valence-corrected chi connectivity index (χ3v) is 7.82. The number of hydrogen-bond acceptors (Lipinski definition) is 6. The fourth-order valence-corrected chi connectivity index (χ4v) is 6.26. The topological polar surface area (TPSA) is 75.5 Å². The average molecular weight is 417 g/mol. The fraction of sp³-hybridized carbons (Fsp3) is 0.524. The van der Waals surface area contributed by atoms with Gasteiger partial charge >= 0.3 is 0 Å². The lowest BCUT2D eigenvalue weighted by molar-refractivity contribution is 0.0925. The van der Waals surface area contributed by atoms with E-state index in [1.54, 1.807) is 6.20 Å². The molecule has 29 heavy (non-hydrogen) atoms. The number of aryl methyl sites for hydroxylation is 1. The van der Waals surface area contributed by atoms with Gasteiger partial charge in [0.2, 0.25) is 0 Å². The quantitative estimate of drug-likeness (QED) is 0.693. The van der Waals surface area contributed by atoms with Gasteiger partial charge in [-0.25, -0.2) is 13.4 Å². The number of aromatic nitrogens is 2. The first-order valence-electron chi connectivity index (χ1n) is 10.1. The molecule has 2 aromatic rings. The van der Waals surface area contributed by atoms with Crippen molar-refractivity contribution in [1.82, 2.24) is 14.5 Å². The third kappa shape index (κ3) is 4.23. The molecule has 1 atom stereocenters. The molecule has 0 unspecified atom stereocenters. The van der Waals surface area contributed by atoms with Crippen molar-refractivity contribution in [1.29, 1.82) is 0 Å². The van der Waals surface area contributed by atoms with Gasteiger partial charge in [-0.3, -0.25) is 9.69 Å². The number of pyridine rings is 1. The summed E-state index contributed by atoms with van der Waals surface area (Å²) in [5.41, 5.74) is 2.58. The Morgan fingerprint density at radius 3 is 2.55 bits per heavy atom. The number of rotatable bonds is 5. The van der Waals surface area contributed by atoms with Crippen molar-refractivity contribution in [3.8, 4) is 0 Å². The lowest BCUT2D eigenvalue weighted by Gasteiger charge is -2.35. The number of nitrogens with zero attached hydrogens (tertiary/aromatic N) is 4. The maximum atomic E-state index is 13.0. The summed E-state index contributed by atoms with van der Waals surface area (Å²) in [5.74, 6) is 1.50. The normalized spacial score (nSPS) is 22.1. The highest BCUT2D eigenvalue weighted by molar-refractivity contribution is 7.91. The smallest absolute Gasteiger partial charge is 0.178 e. The summed E-state index contributed by atoms with van der Waals surface area (Å²) in [6.07, 6.45) is 2.43. The van der Waals surface area contributed by atoms with E-state index < -0.39 is 9.84 Å². The minimum atomic E-state index is -2.96. The van der Waals surface area contributed by atoms with Crippen molar-refractivity contribution in [2.24, 2.45) is 0 Å². The molecule has 156 valence electrons. The van der Waals surface area contributed by atoms with Crippen LogP contribution < -0.4 is 4.90 Å². The zero-order chi connectivity index (χ0) is 20.6. The first-order valence-corrected chi connectivity index (χ1v) is 12.0. The van der Waals surface area contributed by atoms with Crippen molar-refractivity contribution < 1.29 is 13.2 Å². The van der Waals surface area contributed by atoms with Gasteiger partial charge in [0.1, 0.15) is 5.82 Å². The summed E-state index contributed by atoms with van der Waals surface area (Å²) < 4.78 is 25.8. The lowest BCUT2D eigenvalue weighted by Crippen LogP contribution is -2.48. The van der Waals surface area contributed by atoms with Crippen molar-refractivity contribution in [3.63, 3.8) is 0 Å². The number of carbonyl (C=O) groups excluding carboxylic acids is 1. The summed E-state index contributed by atoms with van der Waals surface area (Å²) in [4.78, 5) is 21.8. The number of sulfone groups is 1. The van der Waals surface area contributed by atoms with Crippen molar-refractivity contribution in [2.45, 2.75) is 26.3 Å². The van der Waals surface area contributed by atoms with Gasteiger partial charge in [-0.15, -0.1) is 0 Å². The third-order valence-electron chi connectivity index (χ3n) is 6.07. The van der Waals surface area contributed by atoms with Crippen LogP contribution >= 0.6 is 0 Å². The fourth-order valence-electron chi connectivity index (χ4n) is 4.56. The van der Waals surface area contributed by atoms with Crippen molar-refractivity contribution in [2.75, 3.05) is 49.1 Å². The minimum Gasteiger partial charge on any atom is -0.354 e. The monoisotopic (exact) mass is 416 g/mol. The van der Waals surface area contributed by atoms with Gasteiger partial charge in [-0.2, -0.15) is 0 Å². The summed E-state index contributed by atoms with van der Waals surface area (Å²) in [7, 11) is -2.96. The van der Waals surface area contributed by atoms with Gasteiger partial charge in [0.25, 0.3) is 0 Å². The zero-order valence-electron chi connectivity index (χ0n) is 17.0. The molecule has 0 N–H and O–H groups in total. The molecule has 0 aliphatic carbocycles. The van der Waals surface area contributed by atoms with Crippen LogP contribution in [0.1, 0.15) is 34.2 Å². The zero-order valence-corrected chi connectivity index (χ0v) is 17.9. The molecule has 0 aromatic carbocycles. The average Bonchev–Trinajstić information content (AvgIpc) is 3.21. The molecule has 4 heterocycles. The maximum absolute atomic E-state index is 13.0. The van der Waals surface area contributed by atoms with Crippen LogP contribution in [-0.4, -0.2) is 72.9 Å². The van der Waals surface area contributed by atoms with E-state index >= 15 is 0 Å². The highest BCUT2D eigenvalue weighted by atomic mass is 32.2. The van der Waals surface area contributed by atoms with Crippen LogP contribution in [0.25, 0.3) is 0 Å². The largest absolute Gasteiger partial charge is 0.354 e. The second-order valence-electron chi connectivity index (χ2n) is 8.09. The van der Waals surface area contributed by atoms with Gasteiger partial charge in [0, 0.05) is 55.4 Å². The minimum absolute atomic E-state index is 0.0523. The lowest BCUT2D eigenvalue weighted by atomic mass is 10.1. The van der Waals surface area contributed by atoms with E-state index in [2.05, 4.69) is 19.4 Å². The van der Waals surface area contributed by atoms with E-state index in [1.165, 1.54) is 0 Å². The predicted molar refractivity (Wildman–Crippen MR) is 113 cm³/mol. The Balaban J connectivity index is 1.40. The van der Waals surface area contributed by atoms with E-state index in [9.17, 15) is 13.2 Å². The van der Waals surface area contributed by atoms with Crippen LogP contribution in [-0.2, 0) is 9.84 Å². The molecule has 8 heteroatoms. The molecule has 0 amide bonds. The first-order chi connectivity index (χ1) is 13.8. The SMILES string of the molecule is Cc1cc(C(=O)CN2CCN(c3ccccn3)CC2)c(C)n1[C@@H]1CCS(=O)(=O)C1. The molecule has 0 bridgehead atoms. The second kappa shape index (κ2) is 7.91. The molecular weight excluding hydrogens is 388 g/mol. The van der Waals surface area contributed by atoms with Crippen LogP contribution in [0.3, 0.4) is 0 Å². The Bertz CT molecular complexity index is 992. The molecule has 2 aromatic heterocycles. The van der Waals surface area contributed by atoms with Crippen LogP contribution in [0.15, 0.2) is 30.5 Å². The molecule has 7 nitrogen and oxygen atoms in total. The first kappa shape index (κ1) is 20.1. The van der Waals surface area contributed by atoms with E-state index in [0.29, 0.717) is 13.0 Å². The number of Topliss-reactive ketones (excluding diaryl/α,β-unsaturated/α-hetero) is 1. The number of anilines is 1. The summed E-state index contributed by atoms with van der Waals surface area (Å²) in [6.45, 7) is 7.63. The molecule has 2 aliphatic rings. The summed E-state index contributed by atoms with van der Waals surface area (Å²) in [5, 5.41) is 0. The van der Waals surface area contributed by atoms with Crippen LogP contribution in [0.5, 0.6) is 0 Å². The Kier molecular flexibility index (Phi) is 5.48. The molecule has 0 spiro atoms. The van der Waals surface area contributed by atoms with E-state index in [-0.39, 0.29) is 23.3 Å². The highest BCUT2D eigenvalue weighted by Crippen LogP contribution is 2.29. The highest BCUT2D eigenvalue weighted by Gasteiger charge is 2.32. The summed E-state index contributed by atoms with van der Waals surface area (Å²) in [6, 6.07) is 7.79.